The predicted octanol–water partition coefficient (Wildman–Crippen LogP) is 2.02. The van der Waals surface area contributed by atoms with Gasteiger partial charge in [-0.3, -0.25) is 4.90 Å². The summed E-state index contributed by atoms with van der Waals surface area (Å²) in [6.07, 6.45) is 8.45. The molecule has 1 unspecified atom stereocenters. The second-order valence-corrected chi connectivity index (χ2v) is 5.52. The van der Waals surface area contributed by atoms with E-state index in [-0.39, 0.29) is 0 Å². The number of hydrogen-bond acceptors (Lipinski definition) is 3. The maximum atomic E-state index is 5.92. The molecular weight excluding hydrogens is 212 g/mol. The van der Waals surface area contributed by atoms with E-state index in [0.717, 1.165) is 25.7 Å². The van der Waals surface area contributed by atoms with Gasteiger partial charge in [0, 0.05) is 19.1 Å². The quantitative estimate of drug-likeness (QED) is 0.737. The summed E-state index contributed by atoms with van der Waals surface area (Å²) >= 11 is 0. The molecule has 2 aliphatic rings. The summed E-state index contributed by atoms with van der Waals surface area (Å²) in [6.45, 7) is 7.92. The lowest BCUT2D eigenvalue weighted by Gasteiger charge is -2.18. The van der Waals surface area contributed by atoms with E-state index in [2.05, 4.69) is 17.1 Å². The first-order valence-corrected chi connectivity index (χ1v) is 7.46. The Hall–Kier alpha value is -0.120. The molecule has 1 heterocycles. The van der Waals surface area contributed by atoms with Crippen molar-refractivity contribution >= 4 is 0 Å². The molecule has 3 heteroatoms. The predicted molar refractivity (Wildman–Crippen MR) is 71.3 cm³/mol. The maximum Gasteiger partial charge on any atom is 0.0597 e. The molecule has 0 aromatic rings. The first kappa shape index (κ1) is 13.3. The molecule has 0 amide bonds. The minimum absolute atomic E-state index is 0.576. The number of ether oxygens (including phenoxy) is 1. The van der Waals surface area contributed by atoms with Gasteiger partial charge in [-0.2, -0.15) is 0 Å². The summed E-state index contributed by atoms with van der Waals surface area (Å²) in [5, 5.41) is 3.61. The fourth-order valence-electron chi connectivity index (χ4n) is 2.95. The van der Waals surface area contributed by atoms with Crippen molar-refractivity contribution in [2.75, 3.05) is 32.8 Å². The minimum Gasteiger partial charge on any atom is -0.377 e. The third-order valence-electron chi connectivity index (χ3n) is 4.02. The standard InChI is InChI=1S/C14H28N2O/c1-2-8-15-13-7-9-16(12-13)10-11-17-14-5-3-4-6-14/h13-15H,2-12H2,1H3. The van der Waals surface area contributed by atoms with Gasteiger partial charge in [0.1, 0.15) is 0 Å². The van der Waals surface area contributed by atoms with Crippen LogP contribution in [-0.2, 0) is 4.74 Å². The molecule has 0 bridgehead atoms. The monoisotopic (exact) mass is 240 g/mol. The van der Waals surface area contributed by atoms with Crippen LogP contribution >= 0.6 is 0 Å². The average molecular weight is 240 g/mol. The van der Waals surface area contributed by atoms with Crippen LogP contribution in [0.5, 0.6) is 0 Å². The SMILES string of the molecule is CCCNC1CCN(CCOC2CCCC2)C1. The highest BCUT2D eigenvalue weighted by molar-refractivity contribution is 4.80. The van der Waals surface area contributed by atoms with Crippen molar-refractivity contribution in [2.45, 2.75) is 57.6 Å². The molecule has 0 aromatic carbocycles. The van der Waals surface area contributed by atoms with Gasteiger partial charge in [-0.25, -0.2) is 0 Å². The molecule has 0 spiro atoms. The van der Waals surface area contributed by atoms with Crippen LogP contribution in [-0.4, -0.2) is 49.8 Å². The first-order valence-electron chi connectivity index (χ1n) is 7.46. The summed E-state index contributed by atoms with van der Waals surface area (Å²) in [5.74, 6) is 0. The Labute approximate surface area is 106 Å². The summed E-state index contributed by atoms with van der Waals surface area (Å²) in [4.78, 5) is 2.54. The van der Waals surface area contributed by atoms with E-state index in [1.54, 1.807) is 0 Å². The van der Waals surface area contributed by atoms with Gasteiger partial charge in [0.25, 0.3) is 0 Å². The molecule has 2 fully saturated rings. The zero-order valence-electron chi connectivity index (χ0n) is 11.3. The number of nitrogens with one attached hydrogen (secondary N) is 1. The third kappa shape index (κ3) is 4.57. The molecule has 1 aliphatic carbocycles. The van der Waals surface area contributed by atoms with E-state index in [9.17, 15) is 0 Å². The zero-order valence-corrected chi connectivity index (χ0v) is 11.3. The third-order valence-corrected chi connectivity index (χ3v) is 4.02. The molecule has 1 saturated carbocycles. The highest BCUT2D eigenvalue weighted by Crippen LogP contribution is 2.20. The molecule has 2 rings (SSSR count). The van der Waals surface area contributed by atoms with Crippen LogP contribution in [0.15, 0.2) is 0 Å². The van der Waals surface area contributed by atoms with Gasteiger partial charge >= 0.3 is 0 Å². The average Bonchev–Trinajstić information content (AvgIpc) is 2.98. The lowest BCUT2D eigenvalue weighted by atomic mass is 10.2. The van der Waals surface area contributed by atoms with Crippen LogP contribution in [0.3, 0.4) is 0 Å². The van der Waals surface area contributed by atoms with Crippen LogP contribution in [0.1, 0.15) is 45.4 Å². The number of rotatable bonds is 7. The molecule has 1 aliphatic heterocycles. The molecule has 100 valence electrons. The van der Waals surface area contributed by atoms with Crippen molar-refractivity contribution in [3.63, 3.8) is 0 Å². The van der Waals surface area contributed by atoms with E-state index >= 15 is 0 Å². The molecule has 0 aromatic heterocycles. The van der Waals surface area contributed by atoms with Crippen molar-refractivity contribution in [1.29, 1.82) is 0 Å². The summed E-state index contributed by atoms with van der Waals surface area (Å²) in [5.41, 5.74) is 0. The van der Waals surface area contributed by atoms with Crippen LogP contribution in [0.25, 0.3) is 0 Å². The molecule has 1 atom stereocenters. The van der Waals surface area contributed by atoms with E-state index in [1.165, 1.54) is 51.6 Å². The van der Waals surface area contributed by atoms with Crippen molar-refractivity contribution < 1.29 is 4.74 Å². The molecule has 3 nitrogen and oxygen atoms in total. The minimum atomic E-state index is 0.576. The molecule has 1 saturated heterocycles. The van der Waals surface area contributed by atoms with Gasteiger partial charge in [0.05, 0.1) is 12.7 Å². The van der Waals surface area contributed by atoms with Crippen molar-refractivity contribution in [2.24, 2.45) is 0 Å². The molecule has 17 heavy (non-hydrogen) atoms. The number of likely N-dealkylation sites (tertiary alicyclic amines) is 1. The number of hydrogen-bond donors (Lipinski definition) is 1. The highest BCUT2D eigenvalue weighted by atomic mass is 16.5. The van der Waals surface area contributed by atoms with E-state index in [1.807, 2.05) is 0 Å². The normalized spacial score (nSPS) is 27.0. The van der Waals surface area contributed by atoms with Gasteiger partial charge in [0.15, 0.2) is 0 Å². The van der Waals surface area contributed by atoms with Gasteiger partial charge in [-0.1, -0.05) is 19.8 Å². The van der Waals surface area contributed by atoms with Crippen LogP contribution in [0.2, 0.25) is 0 Å². The van der Waals surface area contributed by atoms with E-state index in [4.69, 9.17) is 4.74 Å². The fraction of sp³-hybridized carbons (Fsp3) is 1.00. The summed E-state index contributed by atoms with van der Waals surface area (Å²) < 4.78 is 5.92. The van der Waals surface area contributed by atoms with Crippen LogP contribution in [0.4, 0.5) is 0 Å². The number of nitrogens with zero attached hydrogens (tertiary/aromatic N) is 1. The van der Waals surface area contributed by atoms with Gasteiger partial charge in [0.2, 0.25) is 0 Å². The Morgan fingerprint density at radius 2 is 2.06 bits per heavy atom. The largest absolute Gasteiger partial charge is 0.377 e. The van der Waals surface area contributed by atoms with Gasteiger partial charge < -0.3 is 10.1 Å². The van der Waals surface area contributed by atoms with Crippen LogP contribution < -0.4 is 5.32 Å². The smallest absolute Gasteiger partial charge is 0.0597 e. The molecule has 0 radical (unpaired) electrons. The molecule has 1 N–H and O–H groups in total. The highest BCUT2D eigenvalue weighted by Gasteiger charge is 2.22. The first-order chi connectivity index (χ1) is 8.38. The summed E-state index contributed by atoms with van der Waals surface area (Å²) in [6, 6.07) is 0.724. The van der Waals surface area contributed by atoms with E-state index < -0.39 is 0 Å². The Morgan fingerprint density at radius 1 is 1.24 bits per heavy atom. The lowest BCUT2D eigenvalue weighted by molar-refractivity contribution is 0.0452. The Bertz CT molecular complexity index is 204. The van der Waals surface area contributed by atoms with Crippen LogP contribution in [0, 0.1) is 0 Å². The lowest BCUT2D eigenvalue weighted by Crippen LogP contribution is -2.34. The van der Waals surface area contributed by atoms with Crippen molar-refractivity contribution in [3.8, 4) is 0 Å². The summed E-state index contributed by atoms with van der Waals surface area (Å²) in [7, 11) is 0. The topological polar surface area (TPSA) is 24.5 Å². The maximum absolute atomic E-state index is 5.92. The Balaban J connectivity index is 1.51. The fourth-order valence-corrected chi connectivity index (χ4v) is 2.95. The second kappa shape index (κ2) is 7.34. The van der Waals surface area contributed by atoms with Gasteiger partial charge in [-0.15, -0.1) is 0 Å². The molecular formula is C14H28N2O. The van der Waals surface area contributed by atoms with Crippen molar-refractivity contribution in [3.05, 3.63) is 0 Å². The Kier molecular flexibility index (Phi) is 5.75. The van der Waals surface area contributed by atoms with Crippen molar-refractivity contribution in [1.82, 2.24) is 10.2 Å². The zero-order chi connectivity index (χ0) is 11.9. The Morgan fingerprint density at radius 3 is 2.82 bits per heavy atom. The second-order valence-electron chi connectivity index (χ2n) is 5.52. The van der Waals surface area contributed by atoms with Gasteiger partial charge in [-0.05, 0) is 38.8 Å². The van der Waals surface area contributed by atoms with E-state index in [0.29, 0.717) is 6.10 Å².